The van der Waals surface area contributed by atoms with Crippen LogP contribution in [0.2, 0.25) is 0 Å². The van der Waals surface area contributed by atoms with E-state index in [0.717, 1.165) is 17.1 Å². The van der Waals surface area contributed by atoms with Crippen molar-refractivity contribution in [3.8, 4) is 0 Å². The van der Waals surface area contributed by atoms with E-state index in [2.05, 4.69) is 5.32 Å². The number of amides is 1. The third-order valence-electron chi connectivity index (χ3n) is 2.91. The molecule has 2 aromatic carbocycles. The first-order valence-corrected chi connectivity index (χ1v) is 5.66. The average Bonchev–Trinajstić information content (AvgIpc) is 2.38. The van der Waals surface area contributed by atoms with Gasteiger partial charge in [0.2, 0.25) is 5.91 Å². The number of halogens is 1. The number of carbonyl (C=O) groups excluding carboxylic acids is 1. The SMILES string of the molecule is O=C1CN(c2ccc(F)cc2)c2ccccc2N1. The maximum atomic E-state index is 12.9. The molecule has 0 saturated heterocycles. The summed E-state index contributed by atoms with van der Waals surface area (Å²) < 4.78 is 12.9. The number of hydrogen-bond donors (Lipinski definition) is 1. The van der Waals surface area contributed by atoms with Crippen molar-refractivity contribution < 1.29 is 9.18 Å². The number of carbonyl (C=O) groups is 1. The van der Waals surface area contributed by atoms with Gasteiger partial charge in [-0.25, -0.2) is 4.39 Å². The van der Waals surface area contributed by atoms with Crippen molar-refractivity contribution in [1.82, 2.24) is 0 Å². The summed E-state index contributed by atoms with van der Waals surface area (Å²) in [6.45, 7) is 0.239. The van der Waals surface area contributed by atoms with Crippen LogP contribution in [0.1, 0.15) is 0 Å². The Kier molecular flexibility index (Phi) is 2.48. The van der Waals surface area contributed by atoms with Crippen molar-refractivity contribution in [2.75, 3.05) is 16.8 Å². The average molecular weight is 242 g/mol. The zero-order valence-electron chi connectivity index (χ0n) is 9.56. The molecule has 0 bridgehead atoms. The second-order valence-electron chi connectivity index (χ2n) is 4.13. The quantitative estimate of drug-likeness (QED) is 0.833. The van der Waals surface area contributed by atoms with E-state index in [1.807, 2.05) is 29.2 Å². The third-order valence-corrected chi connectivity index (χ3v) is 2.91. The number of nitrogens with zero attached hydrogens (tertiary/aromatic N) is 1. The van der Waals surface area contributed by atoms with Crippen LogP contribution in [-0.4, -0.2) is 12.5 Å². The van der Waals surface area contributed by atoms with E-state index in [9.17, 15) is 9.18 Å². The van der Waals surface area contributed by atoms with Crippen molar-refractivity contribution >= 4 is 23.0 Å². The van der Waals surface area contributed by atoms with E-state index in [-0.39, 0.29) is 18.3 Å². The van der Waals surface area contributed by atoms with Crippen LogP contribution >= 0.6 is 0 Å². The largest absolute Gasteiger partial charge is 0.330 e. The minimum absolute atomic E-state index is 0.0713. The molecule has 0 aromatic heterocycles. The fourth-order valence-corrected chi connectivity index (χ4v) is 2.08. The first-order valence-electron chi connectivity index (χ1n) is 5.66. The first-order chi connectivity index (χ1) is 8.74. The molecule has 1 aliphatic heterocycles. The van der Waals surface area contributed by atoms with Crippen LogP contribution < -0.4 is 10.2 Å². The van der Waals surface area contributed by atoms with Gasteiger partial charge in [0.25, 0.3) is 0 Å². The Morgan fingerprint density at radius 1 is 1.06 bits per heavy atom. The summed E-state index contributed by atoms with van der Waals surface area (Å²) in [5.74, 6) is -0.355. The molecule has 0 fully saturated rings. The number of nitrogens with one attached hydrogen (secondary N) is 1. The molecule has 1 heterocycles. The molecule has 1 aliphatic rings. The highest BCUT2D eigenvalue weighted by atomic mass is 19.1. The van der Waals surface area contributed by atoms with Crippen LogP contribution in [0.3, 0.4) is 0 Å². The molecule has 0 radical (unpaired) electrons. The molecule has 4 heteroatoms. The molecule has 0 unspecified atom stereocenters. The second kappa shape index (κ2) is 4.14. The Hall–Kier alpha value is -2.36. The van der Waals surface area contributed by atoms with Gasteiger partial charge in [-0.1, -0.05) is 12.1 Å². The van der Waals surface area contributed by atoms with E-state index >= 15 is 0 Å². The van der Waals surface area contributed by atoms with Gasteiger partial charge in [-0.15, -0.1) is 0 Å². The molecule has 3 nitrogen and oxygen atoms in total. The highest BCUT2D eigenvalue weighted by molar-refractivity contribution is 6.03. The smallest absolute Gasteiger partial charge is 0.244 e. The lowest BCUT2D eigenvalue weighted by atomic mass is 10.1. The minimum atomic E-state index is -0.284. The van der Waals surface area contributed by atoms with E-state index < -0.39 is 0 Å². The Morgan fingerprint density at radius 3 is 2.56 bits per heavy atom. The van der Waals surface area contributed by atoms with Gasteiger partial charge in [0.05, 0.1) is 11.4 Å². The van der Waals surface area contributed by atoms with Gasteiger partial charge in [0, 0.05) is 5.69 Å². The molecule has 1 amide bonds. The van der Waals surface area contributed by atoms with Gasteiger partial charge in [-0.2, -0.15) is 0 Å². The number of fused-ring (bicyclic) bond motifs is 1. The number of rotatable bonds is 1. The number of benzene rings is 2. The zero-order chi connectivity index (χ0) is 12.5. The topological polar surface area (TPSA) is 32.3 Å². The van der Waals surface area contributed by atoms with E-state index in [0.29, 0.717) is 0 Å². The molecular formula is C14H11FN2O. The zero-order valence-corrected chi connectivity index (χ0v) is 9.56. The van der Waals surface area contributed by atoms with E-state index in [1.165, 1.54) is 12.1 Å². The molecular weight excluding hydrogens is 231 g/mol. The van der Waals surface area contributed by atoms with E-state index in [4.69, 9.17) is 0 Å². The summed E-state index contributed by atoms with van der Waals surface area (Å²) in [5, 5.41) is 2.82. The Morgan fingerprint density at radius 2 is 1.78 bits per heavy atom. The lowest BCUT2D eigenvalue weighted by Gasteiger charge is -2.30. The minimum Gasteiger partial charge on any atom is -0.330 e. The number of anilines is 3. The second-order valence-corrected chi connectivity index (χ2v) is 4.13. The molecule has 18 heavy (non-hydrogen) atoms. The molecule has 0 saturated carbocycles. The van der Waals surface area contributed by atoms with Crippen molar-refractivity contribution in [3.05, 3.63) is 54.3 Å². The van der Waals surface area contributed by atoms with Gasteiger partial charge in [0.1, 0.15) is 12.4 Å². The van der Waals surface area contributed by atoms with E-state index in [1.54, 1.807) is 12.1 Å². The normalized spacial score (nSPS) is 14.1. The standard InChI is InChI=1S/C14H11FN2O/c15-10-5-7-11(8-6-10)17-9-14(18)16-12-3-1-2-4-13(12)17/h1-8H,9H2,(H,16,18). The molecule has 0 aliphatic carbocycles. The molecule has 0 atom stereocenters. The van der Waals surface area contributed by atoms with Crippen LogP contribution in [0.15, 0.2) is 48.5 Å². The summed E-state index contributed by atoms with van der Waals surface area (Å²) in [4.78, 5) is 13.5. The van der Waals surface area contributed by atoms with Crippen LogP contribution in [0, 0.1) is 5.82 Å². The van der Waals surface area contributed by atoms with Crippen molar-refractivity contribution in [3.63, 3.8) is 0 Å². The number of para-hydroxylation sites is 2. The highest BCUT2D eigenvalue weighted by Gasteiger charge is 2.22. The highest BCUT2D eigenvalue weighted by Crippen LogP contribution is 2.34. The monoisotopic (exact) mass is 242 g/mol. The third kappa shape index (κ3) is 1.82. The first kappa shape index (κ1) is 10.8. The van der Waals surface area contributed by atoms with Crippen molar-refractivity contribution in [2.45, 2.75) is 0 Å². The summed E-state index contributed by atoms with van der Waals surface area (Å²) >= 11 is 0. The fourth-order valence-electron chi connectivity index (χ4n) is 2.08. The maximum absolute atomic E-state index is 12.9. The van der Waals surface area contributed by atoms with Crippen LogP contribution in [-0.2, 0) is 4.79 Å². The Balaban J connectivity index is 2.07. The van der Waals surface area contributed by atoms with Crippen molar-refractivity contribution in [1.29, 1.82) is 0 Å². The summed E-state index contributed by atoms with van der Waals surface area (Å²) in [6.07, 6.45) is 0. The maximum Gasteiger partial charge on any atom is 0.244 e. The Labute approximate surface area is 104 Å². The fraction of sp³-hybridized carbons (Fsp3) is 0.0714. The lowest BCUT2D eigenvalue weighted by Crippen LogP contribution is -2.34. The molecule has 1 N–H and O–H groups in total. The van der Waals surface area contributed by atoms with Gasteiger partial charge in [0.15, 0.2) is 0 Å². The van der Waals surface area contributed by atoms with Crippen LogP contribution in [0.25, 0.3) is 0 Å². The van der Waals surface area contributed by atoms with Gasteiger partial charge < -0.3 is 10.2 Å². The summed E-state index contributed by atoms with van der Waals surface area (Å²) in [5.41, 5.74) is 2.50. The molecule has 2 aromatic rings. The summed E-state index contributed by atoms with van der Waals surface area (Å²) in [6, 6.07) is 13.7. The predicted octanol–water partition coefficient (Wildman–Crippen LogP) is 2.92. The van der Waals surface area contributed by atoms with Gasteiger partial charge in [-0.3, -0.25) is 4.79 Å². The van der Waals surface area contributed by atoms with Gasteiger partial charge >= 0.3 is 0 Å². The molecule has 0 spiro atoms. The van der Waals surface area contributed by atoms with Crippen molar-refractivity contribution in [2.24, 2.45) is 0 Å². The number of hydrogen-bond acceptors (Lipinski definition) is 2. The molecule has 90 valence electrons. The Bertz CT molecular complexity index is 595. The predicted molar refractivity (Wildman–Crippen MR) is 68.5 cm³/mol. The van der Waals surface area contributed by atoms with Gasteiger partial charge in [-0.05, 0) is 36.4 Å². The van der Waals surface area contributed by atoms with Crippen LogP contribution in [0.4, 0.5) is 21.5 Å². The molecule has 3 rings (SSSR count). The lowest BCUT2D eigenvalue weighted by molar-refractivity contribution is -0.115. The summed E-state index contributed by atoms with van der Waals surface area (Å²) in [7, 11) is 0. The van der Waals surface area contributed by atoms with Crippen LogP contribution in [0.5, 0.6) is 0 Å².